The van der Waals surface area contributed by atoms with Gasteiger partial charge in [-0.3, -0.25) is 4.98 Å². The SMILES string of the molecule is COc1ccc(-c2cncc(-c3cc(NCCCO)nc(-c4ccccc4)n3)c2)cc1. The number of hydrogen-bond acceptors (Lipinski definition) is 6. The third-order valence-corrected chi connectivity index (χ3v) is 4.86. The Balaban J connectivity index is 1.72. The molecule has 31 heavy (non-hydrogen) atoms. The standard InChI is InChI=1S/C25H24N4O2/c1-31-22-10-8-18(9-11-22)20-14-21(17-26-16-20)23-15-24(27-12-5-13-30)29-25(28-23)19-6-3-2-4-7-19/h2-4,6-11,14-17,30H,5,12-13H2,1H3,(H,27,28,29). The van der Waals surface area contributed by atoms with Crippen LogP contribution in [0.4, 0.5) is 5.82 Å². The molecule has 0 spiro atoms. The van der Waals surface area contributed by atoms with Crippen molar-refractivity contribution in [1.82, 2.24) is 15.0 Å². The van der Waals surface area contributed by atoms with Crippen molar-refractivity contribution in [2.24, 2.45) is 0 Å². The van der Waals surface area contributed by atoms with E-state index in [4.69, 9.17) is 14.8 Å². The molecule has 2 N–H and O–H groups in total. The summed E-state index contributed by atoms with van der Waals surface area (Å²) in [4.78, 5) is 13.9. The fourth-order valence-electron chi connectivity index (χ4n) is 3.22. The molecule has 2 heterocycles. The van der Waals surface area contributed by atoms with Gasteiger partial charge in [0.2, 0.25) is 0 Å². The van der Waals surface area contributed by atoms with Crippen LogP contribution in [-0.2, 0) is 0 Å². The molecule has 156 valence electrons. The molecule has 4 rings (SSSR count). The molecule has 4 aromatic rings. The number of hydrogen-bond donors (Lipinski definition) is 2. The Labute approximate surface area is 181 Å². The van der Waals surface area contributed by atoms with Gasteiger partial charge in [-0.05, 0) is 30.2 Å². The van der Waals surface area contributed by atoms with Crippen molar-refractivity contribution in [2.45, 2.75) is 6.42 Å². The molecule has 0 atom stereocenters. The van der Waals surface area contributed by atoms with E-state index >= 15 is 0 Å². The van der Waals surface area contributed by atoms with Gasteiger partial charge in [0.1, 0.15) is 11.6 Å². The fourth-order valence-corrected chi connectivity index (χ4v) is 3.22. The van der Waals surface area contributed by atoms with Crippen molar-refractivity contribution in [2.75, 3.05) is 25.6 Å². The molecule has 6 nitrogen and oxygen atoms in total. The van der Waals surface area contributed by atoms with E-state index in [2.05, 4.69) is 21.4 Å². The molecular formula is C25H24N4O2. The second kappa shape index (κ2) is 9.82. The normalized spacial score (nSPS) is 10.6. The molecule has 0 saturated carbocycles. The first-order valence-electron chi connectivity index (χ1n) is 10.2. The highest BCUT2D eigenvalue weighted by atomic mass is 16.5. The number of aliphatic hydroxyl groups excluding tert-OH is 1. The Morgan fingerprint density at radius 1 is 0.839 bits per heavy atom. The molecule has 0 bridgehead atoms. The molecule has 2 aromatic heterocycles. The number of pyridine rings is 1. The van der Waals surface area contributed by atoms with Crippen molar-refractivity contribution < 1.29 is 9.84 Å². The van der Waals surface area contributed by atoms with Crippen LogP contribution in [0, 0.1) is 0 Å². The lowest BCUT2D eigenvalue weighted by molar-refractivity contribution is 0.292. The number of aromatic nitrogens is 3. The van der Waals surface area contributed by atoms with E-state index in [1.54, 1.807) is 7.11 Å². The van der Waals surface area contributed by atoms with Gasteiger partial charge in [0.05, 0.1) is 12.8 Å². The predicted octanol–water partition coefficient (Wildman–Crippen LogP) is 4.68. The zero-order valence-electron chi connectivity index (χ0n) is 17.3. The van der Waals surface area contributed by atoms with E-state index in [0.29, 0.717) is 24.6 Å². The van der Waals surface area contributed by atoms with E-state index in [-0.39, 0.29) is 6.61 Å². The average molecular weight is 412 g/mol. The van der Waals surface area contributed by atoms with Gasteiger partial charge in [0.25, 0.3) is 0 Å². The lowest BCUT2D eigenvalue weighted by Crippen LogP contribution is -2.06. The maximum atomic E-state index is 9.09. The summed E-state index contributed by atoms with van der Waals surface area (Å²) in [6.45, 7) is 0.760. The van der Waals surface area contributed by atoms with E-state index < -0.39 is 0 Å². The first kappa shape index (κ1) is 20.5. The van der Waals surface area contributed by atoms with Gasteiger partial charge in [0.15, 0.2) is 5.82 Å². The van der Waals surface area contributed by atoms with Crippen LogP contribution in [0.3, 0.4) is 0 Å². The third kappa shape index (κ3) is 5.05. The van der Waals surface area contributed by atoms with Gasteiger partial charge in [-0.25, -0.2) is 9.97 Å². The third-order valence-electron chi connectivity index (χ3n) is 4.86. The first-order chi connectivity index (χ1) is 15.3. The Morgan fingerprint density at radius 3 is 2.35 bits per heavy atom. The summed E-state index contributed by atoms with van der Waals surface area (Å²) in [6, 6.07) is 21.8. The van der Waals surface area contributed by atoms with Crippen LogP contribution in [0.15, 0.2) is 79.1 Å². The number of benzene rings is 2. The number of ether oxygens (including phenoxy) is 1. The molecule has 0 unspecified atom stereocenters. The maximum absolute atomic E-state index is 9.09. The zero-order chi connectivity index (χ0) is 21.5. The Bertz CT molecular complexity index is 1130. The summed E-state index contributed by atoms with van der Waals surface area (Å²) in [5, 5.41) is 12.4. The summed E-state index contributed by atoms with van der Waals surface area (Å²) >= 11 is 0. The van der Waals surface area contributed by atoms with Gasteiger partial charge < -0.3 is 15.2 Å². The largest absolute Gasteiger partial charge is 0.497 e. The van der Waals surface area contributed by atoms with Gasteiger partial charge in [-0.1, -0.05) is 42.5 Å². The van der Waals surface area contributed by atoms with Crippen molar-refractivity contribution in [3.05, 3.63) is 79.1 Å². The lowest BCUT2D eigenvalue weighted by Gasteiger charge is -2.11. The number of rotatable bonds is 8. The molecule has 2 aromatic carbocycles. The van der Waals surface area contributed by atoms with Gasteiger partial charge in [0, 0.05) is 48.3 Å². The van der Waals surface area contributed by atoms with E-state index in [1.165, 1.54) is 0 Å². The highest BCUT2D eigenvalue weighted by Crippen LogP contribution is 2.28. The maximum Gasteiger partial charge on any atom is 0.162 e. The second-order valence-electron chi connectivity index (χ2n) is 7.02. The highest BCUT2D eigenvalue weighted by molar-refractivity contribution is 5.73. The molecule has 0 aliphatic rings. The Hall–Kier alpha value is -3.77. The molecule has 0 aliphatic carbocycles. The molecule has 0 radical (unpaired) electrons. The minimum atomic E-state index is 0.129. The number of aliphatic hydroxyl groups is 1. The fraction of sp³-hybridized carbons (Fsp3) is 0.160. The Morgan fingerprint density at radius 2 is 1.61 bits per heavy atom. The second-order valence-corrected chi connectivity index (χ2v) is 7.02. The van der Waals surface area contributed by atoms with Crippen molar-refractivity contribution in [3.8, 4) is 39.5 Å². The van der Waals surface area contributed by atoms with Crippen LogP contribution in [-0.4, -0.2) is 40.3 Å². The average Bonchev–Trinajstić information content (AvgIpc) is 2.85. The van der Waals surface area contributed by atoms with Gasteiger partial charge >= 0.3 is 0 Å². The molecule has 0 fully saturated rings. The van der Waals surface area contributed by atoms with Gasteiger partial charge in [-0.15, -0.1) is 0 Å². The number of nitrogens with one attached hydrogen (secondary N) is 1. The quantitative estimate of drug-likeness (QED) is 0.409. The molecule has 6 heteroatoms. The van der Waals surface area contributed by atoms with Crippen molar-refractivity contribution in [3.63, 3.8) is 0 Å². The van der Waals surface area contributed by atoms with Crippen LogP contribution in [0.1, 0.15) is 6.42 Å². The molecular weight excluding hydrogens is 388 g/mol. The Kier molecular flexibility index (Phi) is 6.50. The minimum absolute atomic E-state index is 0.129. The number of nitrogens with zero attached hydrogens (tertiary/aromatic N) is 3. The van der Waals surface area contributed by atoms with Crippen molar-refractivity contribution in [1.29, 1.82) is 0 Å². The lowest BCUT2D eigenvalue weighted by atomic mass is 10.0. The van der Waals surface area contributed by atoms with Crippen LogP contribution >= 0.6 is 0 Å². The van der Waals surface area contributed by atoms with E-state index in [9.17, 15) is 0 Å². The smallest absolute Gasteiger partial charge is 0.162 e. The predicted molar refractivity (Wildman–Crippen MR) is 123 cm³/mol. The summed E-state index contributed by atoms with van der Waals surface area (Å²) < 4.78 is 5.25. The van der Waals surface area contributed by atoms with E-state index in [1.807, 2.05) is 73.1 Å². The monoisotopic (exact) mass is 412 g/mol. The van der Waals surface area contributed by atoms with Crippen LogP contribution in [0.25, 0.3) is 33.8 Å². The molecule has 0 amide bonds. The highest BCUT2D eigenvalue weighted by Gasteiger charge is 2.10. The van der Waals surface area contributed by atoms with Crippen LogP contribution < -0.4 is 10.1 Å². The van der Waals surface area contributed by atoms with Crippen molar-refractivity contribution >= 4 is 5.82 Å². The molecule has 0 saturated heterocycles. The zero-order valence-corrected chi connectivity index (χ0v) is 17.3. The summed E-state index contributed by atoms with van der Waals surface area (Å²) in [5.74, 6) is 2.17. The summed E-state index contributed by atoms with van der Waals surface area (Å²) in [7, 11) is 1.66. The number of methoxy groups -OCH3 is 1. The molecule has 0 aliphatic heterocycles. The number of anilines is 1. The van der Waals surface area contributed by atoms with E-state index in [0.717, 1.165) is 33.7 Å². The summed E-state index contributed by atoms with van der Waals surface area (Å²) in [5.41, 5.74) is 4.67. The van der Waals surface area contributed by atoms with Crippen LogP contribution in [0.5, 0.6) is 5.75 Å². The topological polar surface area (TPSA) is 80.2 Å². The van der Waals surface area contributed by atoms with Crippen LogP contribution in [0.2, 0.25) is 0 Å². The minimum Gasteiger partial charge on any atom is -0.497 e. The first-order valence-corrected chi connectivity index (χ1v) is 10.2. The van der Waals surface area contributed by atoms with Gasteiger partial charge in [-0.2, -0.15) is 0 Å². The summed E-state index contributed by atoms with van der Waals surface area (Å²) in [6.07, 6.45) is 4.29.